The van der Waals surface area contributed by atoms with Crippen molar-refractivity contribution in [1.82, 2.24) is 14.8 Å². The second-order valence-corrected chi connectivity index (χ2v) is 11.2. The summed E-state index contributed by atoms with van der Waals surface area (Å²) in [4.78, 5) is 37.4. The molecule has 6 nitrogen and oxygen atoms in total. The molecule has 8 heteroatoms. The molecule has 1 aliphatic rings. The first-order valence-electron chi connectivity index (χ1n) is 12.2. The Labute approximate surface area is 212 Å². The second-order valence-electron chi connectivity index (χ2n) is 9.75. The highest BCUT2D eigenvalue weighted by molar-refractivity contribution is 7.09. The number of hydrogen-bond donors (Lipinski definition) is 0. The van der Waals surface area contributed by atoms with Crippen LogP contribution in [0.5, 0.6) is 0 Å². The zero-order valence-electron chi connectivity index (χ0n) is 21.0. The topological polar surface area (TPSA) is 56.8 Å². The number of amides is 2. The van der Waals surface area contributed by atoms with E-state index in [0.717, 1.165) is 41.5 Å². The third-order valence-electron chi connectivity index (χ3n) is 6.15. The van der Waals surface area contributed by atoms with Crippen molar-refractivity contribution in [2.45, 2.75) is 66.5 Å². The smallest absolute Gasteiger partial charge is 0.228 e. The summed E-state index contributed by atoms with van der Waals surface area (Å²) >= 11 is 7.95. The standard InChI is InChI=1S/C26H37ClN4O2S/c1-18(2)13-26(33)31-10-6-9-29(19(3)4)11-12-30(16-21-7-8-22(27)14-24(21)31)25(32)15-23-17-34-20(5)28-23/h7-8,14,17-19H,6,9-13,15-16H2,1-5H3. The van der Waals surface area contributed by atoms with Gasteiger partial charge in [0.1, 0.15) is 0 Å². The molecule has 186 valence electrons. The van der Waals surface area contributed by atoms with Gasteiger partial charge in [0, 0.05) is 55.6 Å². The van der Waals surface area contributed by atoms with Gasteiger partial charge in [-0.3, -0.25) is 14.5 Å². The van der Waals surface area contributed by atoms with Crippen LogP contribution in [0, 0.1) is 12.8 Å². The fraction of sp³-hybridized carbons (Fsp3) is 0.577. The van der Waals surface area contributed by atoms with E-state index in [0.29, 0.717) is 37.1 Å². The lowest BCUT2D eigenvalue weighted by atomic mass is 10.1. The normalized spacial score (nSPS) is 16.0. The van der Waals surface area contributed by atoms with Crippen molar-refractivity contribution in [1.29, 1.82) is 0 Å². The van der Waals surface area contributed by atoms with Crippen LogP contribution in [0.4, 0.5) is 5.69 Å². The summed E-state index contributed by atoms with van der Waals surface area (Å²) < 4.78 is 0. The molecule has 2 amide bonds. The summed E-state index contributed by atoms with van der Waals surface area (Å²) in [5, 5.41) is 3.51. The van der Waals surface area contributed by atoms with E-state index < -0.39 is 0 Å². The molecule has 0 N–H and O–H groups in total. The van der Waals surface area contributed by atoms with Gasteiger partial charge in [-0.15, -0.1) is 11.3 Å². The summed E-state index contributed by atoms with van der Waals surface area (Å²) in [5.41, 5.74) is 2.58. The summed E-state index contributed by atoms with van der Waals surface area (Å²) in [6.07, 6.45) is 1.62. The van der Waals surface area contributed by atoms with Gasteiger partial charge in [-0.2, -0.15) is 0 Å². The van der Waals surface area contributed by atoms with Gasteiger partial charge in [-0.25, -0.2) is 4.98 Å². The predicted molar refractivity (Wildman–Crippen MR) is 141 cm³/mol. The highest BCUT2D eigenvalue weighted by Crippen LogP contribution is 2.29. The number of benzene rings is 1. The molecule has 0 spiro atoms. The van der Waals surface area contributed by atoms with Crippen molar-refractivity contribution >= 4 is 40.4 Å². The van der Waals surface area contributed by atoms with E-state index in [4.69, 9.17) is 11.6 Å². The predicted octanol–water partition coefficient (Wildman–Crippen LogP) is 5.17. The minimum absolute atomic E-state index is 0.0502. The van der Waals surface area contributed by atoms with Crippen LogP contribution in [-0.2, 0) is 22.6 Å². The zero-order chi connectivity index (χ0) is 24.8. The average molecular weight is 505 g/mol. The number of rotatable bonds is 5. The van der Waals surface area contributed by atoms with Crippen molar-refractivity contribution in [3.63, 3.8) is 0 Å². The number of carbonyl (C=O) groups is 2. The largest absolute Gasteiger partial charge is 0.337 e. The molecule has 0 saturated heterocycles. The van der Waals surface area contributed by atoms with E-state index in [9.17, 15) is 9.59 Å². The number of hydrogen-bond acceptors (Lipinski definition) is 5. The van der Waals surface area contributed by atoms with E-state index in [-0.39, 0.29) is 24.2 Å². The van der Waals surface area contributed by atoms with E-state index in [1.165, 1.54) is 0 Å². The lowest BCUT2D eigenvalue weighted by Crippen LogP contribution is -2.42. The van der Waals surface area contributed by atoms with E-state index in [1.54, 1.807) is 11.3 Å². The van der Waals surface area contributed by atoms with Crippen LogP contribution in [0.2, 0.25) is 5.02 Å². The molecule has 0 saturated carbocycles. The molecule has 3 rings (SSSR count). The van der Waals surface area contributed by atoms with E-state index in [2.05, 4.69) is 37.6 Å². The molecule has 0 unspecified atom stereocenters. The summed E-state index contributed by atoms with van der Waals surface area (Å²) in [7, 11) is 0. The average Bonchev–Trinajstić information content (AvgIpc) is 3.15. The highest BCUT2D eigenvalue weighted by Gasteiger charge is 2.25. The maximum Gasteiger partial charge on any atom is 0.228 e. The number of halogens is 1. The lowest BCUT2D eigenvalue weighted by molar-refractivity contribution is -0.131. The first kappa shape index (κ1) is 26.6. The van der Waals surface area contributed by atoms with Gasteiger partial charge in [-0.1, -0.05) is 31.5 Å². The molecule has 2 heterocycles. The van der Waals surface area contributed by atoms with Crippen LogP contribution < -0.4 is 4.90 Å². The number of fused-ring (bicyclic) bond motifs is 1. The van der Waals surface area contributed by atoms with E-state index in [1.807, 2.05) is 40.3 Å². The number of carbonyl (C=O) groups excluding carboxylic acids is 2. The Kier molecular flexibility index (Phi) is 9.51. The monoisotopic (exact) mass is 504 g/mol. The Morgan fingerprint density at radius 1 is 1.09 bits per heavy atom. The summed E-state index contributed by atoms with van der Waals surface area (Å²) in [6.45, 7) is 13.8. The number of anilines is 1. The first-order chi connectivity index (χ1) is 16.1. The van der Waals surface area contributed by atoms with Gasteiger partial charge in [0.2, 0.25) is 11.8 Å². The Bertz CT molecular complexity index is 991. The molecule has 0 aliphatic carbocycles. The Balaban J connectivity index is 1.96. The zero-order valence-corrected chi connectivity index (χ0v) is 22.6. The minimum Gasteiger partial charge on any atom is -0.337 e. The third-order valence-corrected chi connectivity index (χ3v) is 7.21. The quantitative estimate of drug-likeness (QED) is 0.563. The van der Waals surface area contributed by atoms with E-state index >= 15 is 0 Å². The molecule has 0 radical (unpaired) electrons. The molecule has 0 atom stereocenters. The van der Waals surface area contributed by atoms with Crippen molar-refractivity contribution in [2.75, 3.05) is 31.1 Å². The molecular formula is C26H37ClN4O2S. The molecule has 1 aliphatic heterocycles. The third kappa shape index (κ3) is 7.27. The van der Waals surface area contributed by atoms with Gasteiger partial charge in [0.15, 0.2) is 0 Å². The second kappa shape index (κ2) is 12.1. The van der Waals surface area contributed by atoms with Gasteiger partial charge in [-0.05, 0) is 50.8 Å². The fourth-order valence-electron chi connectivity index (χ4n) is 4.32. The van der Waals surface area contributed by atoms with Gasteiger partial charge < -0.3 is 9.80 Å². The highest BCUT2D eigenvalue weighted by atomic mass is 35.5. The lowest BCUT2D eigenvalue weighted by Gasteiger charge is -2.30. The van der Waals surface area contributed by atoms with Crippen LogP contribution in [0.1, 0.15) is 56.8 Å². The number of thiazole rings is 1. The Morgan fingerprint density at radius 2 is 1.85 bits per heavy atom. The number of aryl methyl sites for hydroxylation is 1. The van der Waals surface area contributed by atoms with Gasteiger partial charge in [0.25, 0.3) is 0 Å². The Morgan fingerprint density at radius 3 is 2.50 bits per heavy atom. The van der Waals surface area contributed by atoms with Crippen LogP contribution in [0.15, 0.2) is 23.6 Å². The van der Waals surface area contributed by atoms with Gasteiger partial charge >= 0.3 is 0 Å². The number of aromatic nitrogens is 1. The van der Waals surface area contributed by atoms with Gasteiger partial charge in [0.05, 0.1) is 22.8 Å². The van der Waals surface area contributed by atoms with Crippen LogP contribution in [0.25, 0.3) is 0 Å². The molecule has 0 fully saturated rings. The fourth-order valence-corrected chi connectivity index (χ4v) is 5.10. The van der Waals surface area contributed by atoms with Crippen molar-refractivity contribution in [2.24, 2.45) is 5.92 Å². The van der Waals surface area contributed by atoms with Crippen LogP contribution >= 0.6 is 22.9 Å². The first-order valence-corrected chi connectivity index (χ1v) is 13.4. The van der Waals surface area contributed by atoms with Crippen LogP contribution in [-0.4, -0.2) is 58.8 Å². The number of nitrogens with zero attached hydrogens (tertiary/aromatic N) is 4. The van der Waals surface area contributed by atoms with Crippen molar-refractivity contribution < 1.29 is 9.59 Å². The molecule has 2 aromatic rings. The summed E-state index contributed by atoms with van der Waals surface area (Å²) in [6, 6.07) is 6.03. The van der Waals surface area contributed by atoms with Crippen LogP contribution in [0.3, 0.4) is 0 Å². The van der Waals surface area contributed by atoms with Crippen molar-refractivity contribution in [3.8, 4) is 0 Å². The summed E-state index contributed by atoms with van der Waals surface area (Å²) in [5.74, 6) is 0.416. The molecule has 1 aromatic heterocycles. The minimum atomic E-state index is 0.0502. The maximum atomic E-state index is 13.4. The Hall–Kier alpha value is -1.96. The molecular weight excluding hydrogens is 468 g/mol. The molecule has 1 aromatic carbocycles. The molecule has 0 bridgehead atoms. The van der Waals surface area contributed by atoms with Crippen molar-refractivity contribution in [3.05, 3.63) is 44.9 Å². The maximum absolute atomic E-state index is 13.4. The SMILES string of the molecule is Cc1nc(CC(=O)N2CCN(C(C)C)CCCN(C(=O)CC(C)C)c3cc(Cl)ccc3C2)cs1. The molecule has 34 heavy (non-hydrogen) atoms.